The quantitative estimate of drug-likeness (QED) is 0.587. The minimum atomic E-state index is 0.475. The molecule has 0 bridgehead atoms. The van der Waals surface area contributed by atoms with E-state index in [1.807, 2.05) is 19.2 Å². The maximum absolute atomic E-state index is 5.94. The van der Waals surface area contributed by atoms with Crippen LogP contribution in [0.3, 0.4) is 0 Å². The van der Waals surface area contributed by atoms with Gasteiger partial charge in [0, 0.05) is 18.3 Å². The number of anilines is 1. The first-order chi connectivity index (χ1) is 10.2. The number of hydrogen-bond acceptors (Lipinski definition) is 5. The molecule has 2 N–H and O–H groups in total. The Balaban J connectivity index is 2.04. The molecule has 21 heavy (non-hydrogen) atoms. The van der Waals surface area contributed by atoms with Gasteiger partial charge in [-0.3, -0.25) is 4.68 Å². The van der Waals surface area contributed by atoms with E-state index in [1.54, 1.807) is 23.0 Å². The summed E-state index contributed by atoms with van der Waals surface area (Å²) in [5.74, 6) is 1.18. The molecule has 0 saturated heterocycles. The van der Waals surface area contributed by atoms with Gasteiger partial charge in [0.05, 0.1) is 6.20 Å². The van der Waals surface area contributed by atoms with Gasteiger partial charge in [-0.15, -0.1) is 6.58 Å². The molecule has 0 saturated carbocycles. The lowest BCUT2D eigenvalue weighted by Gasteiger charge is -2.10. The summed E-state index contributed by atoms with van der Waals surface area (Å²) in [6, 6.07) is 5.50. The third-order valence-corrected chi connectivity index (χ3v) is 3.15. The number of nitrogen functional groups attached to an aromatic ring is 1. The first-order valence-electron chi connectivity index (χ1n) is 6.49. The zero-order valence-corrected chi connectivity index (χ0v) is 11.7. The molecule has 0 unspecified atom stereocenters. The largest absolute Gasteiger partial charge is 0.438 e. The number of ether oxygens (including phenoxy) is 1. The Morgan fingerprint density at radius 1 is 1.38 bits per heavy atom. The molecule has 0 aliphatic heterocycles. The van der Waals surface area contributed by atoms with Gasteiger partial charge in [0.2, 0.25) is 5.88 Å². The molecule has 0 atom stereocenters. The Bertz CT molecular complexity index is 809. The number of aryl methyl sites for hydroxylation is 1. The summed E-state index contributed by atoms with van der Waals surface area (Å²) in [5.41, 5.74) is 8.19. The number of aromatic nitrogens is 4. The molecule has 0 aliphatic rings. The van der Waals surface area contributed by atoms with Crippen LogP contribution in [0.1, 0.15) is 5.56 Å². The average Bonchev–Trinajstić information content (AvgIpc) is 2.85. The lowest BCUT2D eigenvalue weighted by molar-refractivity contribution is 0.463. The third kappa shape index (κ3) is 2.43. The topological polar surface area (TPSA) is 78.8 Å². The SMILES string of the molecule is C=CCc1cc(N)ccc1Oc1ncnc2c1cnn2C. The van der Waals surface area contributed by atoms with Crippen molar-refractivity contribution in [1.29, 1.82) is 0 Å². The van der Waals surface area contributed by atoms with Crippen LogP contribution in [0.25, 0.3) is 11.0 Å². The highest BCUT2D eigenvalue weighted by Gasteiger charge is 2.12. The maximum Gasteiger partial charge on any atom is 0.233 e. The molecule has 3 rings (SSSR count). The highest BCUT2D eigenvalue weighted by Crippen LogP contribution is 2.30. The fourth-order valence-electron chi connectivity index (χ4n) is 2.14. The Morgan fingerprint density at radius 2 is 2.24 bits per heavy atom. The second-order valence-corrected chi connectivity index (χ2v) is 4.65. The van der Waals surface area contributed by atoms with Gasteiger partial charge in [0.15, 0.2) is 5.65 Å². The Labute approximate surface area is 121 Å². The van der Waals surface area contributed by atoms with Gasteiger partial charge in [-0.05, 0) is 24.6 Å². The van der Waals surface area contributed by atoms with Gasteiger partial charge >= 0.3 is 0 Å². The smallest absolute Gasteiger partial charge is 0.233 e. The van der Waals surface area contributed by atoms with E-state index in [0.29, 0.717) is 23.7 Å². The van der Waals surface area contributed by atoms with Crippen molar-refractivity contribution in [3.8, 4) is 11.6 Å². The first kappa shape index (κ1) is 13.1. The van der Waals surface area contributed by atoms with Gasteiger partial charge in [-0.1, -0.05) is 6.08 Å². The summed E-state index contributed by atoms with van der Waals surface area (Å²) >= 11 is 0. The van der Waals surface area contributed by atoms with Crippen molar-refractivity contribution in [2.45, 2.75) is 6.42 Å². The molecule has 6 heteroatoms. The molecule has 2 aromatic heterocycles. The standard InChI is InChI=1S/C15H15N5O/c1-3-4-10-7-11(16)5-6-13(10)21-15-12-8-19-20(2)14(12)17-9-18-15/h3,5-9H,1,4,16H2,2H3. The van der Waals surface area contributed by atoms with E-state index in [1.165, 1.54) is 6.33 Å². The predicted molar refractivity (Wildman–Crippen MR) is 81.1 cm³/mol. The van der Waals surface area contributed by atoms with E-state index >= 15 is 0 Å². The number of hydrogen-bond donors (Lipinski definition) is 1. The molecule has 6 nitrogen and oxygen atoms in total. The summed E-state index contributed by atoms with van der Waals surface area (Å²) < 4.78 is 7.61. The van der Waals surface area contributed by atoms with Crippen LogP contribution in [-0.2, 0) is 13.5 Å². The average molecular weight is 281 g/mol. The predicted octanol–water partition coefficient (Wildman–Crippen LogP) is 2.47. The van der Waals surface area contributed by atoms with Gasteiger partial charge < -0.3 is 10.5 Å². The zero-order valence-electron chi connectivity index (χ0n) is 11.7. The molecular weight excluding hydrogens is 266 g/mol. The van der Waals surface area contributed by atoms with Crippen LogP contribution in [0.15, 0.2) is 43.4 Å². The van der Waals surface area contributed by atoms with Crippen LogP contribution in [0, 0.1) is 0 Å². The third-order valence-electron chi connectivity index (χ3n) is 3.15. The van der Waals surface area contributed by atoms with Crippen molar-refractivity contribution in [3.05, 3.63) is 48.9 Å². The van der Waals surface area contributed by atoms with Crippen LogP contribution in [0.4, 0.5) is 5.69 Å². The Kier molecular flexibility index (Phi) is 3.27. The molecule has 2 heterocycles. The second kappa shape index (κ2) is 5.24. The highest BCUT2D eigenvalue weighted by molar-refractivity contribution is 5.80. The highest BCUT2D eigenvalue weighted by atomic mass is 16.5. The fraction of sp³-hybridized carbons (Fsp3) is 0.133. The maximum atomic E-state index is 5.94. The zero-order chi connectivity index (χ0) is 14.8. The molecule has 0 amide bonds. The number of rotatable bonds is 4. The normalized spacial score (nSPS) is 10.7. The molecule has 1 aromatic carbocycles. The molecular formula is C15H15N5O. The summed E-state index contributed by atoms with van der Waals surface area (Å²) in [5, 5.41) is 4.93. The van der Waals surface area contributed by atoms with E-state index in [0.717, 1.165) is 16.6 Å². The van der Waals surface area contributed by atoms with E-state index in [9.17, 15) is 0 Å². The van der Waals surface area contributed by atoms with Crippen LogP contribution in [0.5, 0.6) is 11.6 Å². The van der Waals surface area contributed by atoms with Crippen LogP contribution < -0.4 is 10.5 Å². The minimum absolute atomic E-state index is 0.475. The lowest BCUT2D eigenvalue weighted by Crippen LogP contribution is -1.97. The van der Waals surface area contributed by atoms with Crippen LogP contribution >= 0.6 is 0 Å². The van der Waals surface area contributed by atoms with Crippen molar-refractivity contribution < 1.29 is 4.74 Å². The Hall–Kier alpha value is -2.89. The lowest BCUT2D eigenvalue weighted by atomic mass is 10.1. The summed E-state index contributed by atoms with van der Waals surface area (Å²) in [7, 11) is 1.82. The van der Waals surface area contributed by atoms with E-state index in [2.05, 4.69) is 21.6 Å². The first-order valence-corrected chi connectivity index (χ1v) is 6.49. The number of benzene rings is 1. The van der Waals surface area contributed by atoms with Crippen molar-refractivity contribution >= 4 is 16.7 Å². The number of nitrogens with two attached hydrogens (primary N) is 1. The van der Waals surface area contributed by atoms with E-state index < -0.39 is 0 Å². The van der Waals surface area contributed by atoms with E-state index in [-0.39, 0.29) is 0 Å². The second-order valence-electron chi connectivity index (χ2n) is 4.65. The molecule has 3 aromatic rings. The fourth-order valence-corrected chi connectivity index (χ4v) is 2.14. The molecule has 0 fully saturated rings. The Morgan fingerprint density at radius 3 is 3.05 bits per heavy atom. The van der Waals surface area contributed by atoms with Gasteiger partial charge in [0.1, 0.15) is 17.5 Å². The molecule has 0 radical (unpaired) electrons. The number of allylic oxidation sites excluding steroid dienone is 1. The van der Waals surface area contributed by atoms with Crippen molar-refractivity contribution in [1.82, 2.24) is 19.7 Å². The van der Waals surface area contributed by atoms with Gasteiger partial charge in [-0.25, -0.2) is 9.97 Å². The molecule has 106 valence electrons. The molecule has 0 spiro atoms. The van der Waals surface area contributed by atoms with Crippen LogP contribution in [0.2, 0.25) is 0 Å². The van der Waals surface area contributed by atoms with Gasteiger partial charge in [0.25, 0.3) is 0 Å². The number of nitrogens with zero attached hydrogens (tertiary/aromatic N) is 4. The van der Waals surface area contributed by atoms with E-state index in [4.69, 9.17) is 10.5 Å². The summed E-state index contributed by atoms with van der Waals surface area (Å²) in [6.07, 6.45) is 5.63. The molecule has 0 aliphatic carbocycles. The van der Waals surface area contributed by atoms with Crippen LogP contribution in [-0.4, -0.2) is 19.7 Å². The minimum Gasteiger partial charge on any atom is -0.438 e. The van der Waals surface area contributed by atoms with Gasteiger partial charge in [-0.2, -0.15) is 5.10 Å². The van der Waals surface area contributed by atoms with Crippen molar-refractivity contribution in [2.24, 2.45) is 7.05 Å². The van der Waals surface area contributed by atoms with Crippen molar-refractivity contribution in [3.63, 3.8) is 0 Å². The summed E-state index contributed by atoms with van der Waals surface area (Å²) in [6.45, 7) is 3.75. The monoisotopic (exact) mass is 281 g/mol. The summed E-state index contributed by atoms with van der Waals surface area (Å²) in [4.78, 5) is 8.38. The van der Waals surface area contributed by atoms with Crippen molar-refractivity contribution in [2.75, 3.05) is 5.73 Å². The number of fused-ring (bicyclic) bond motifs is 1.